The topological polar surface area (TPSA) is 32.3 Å². The van der Waals surface area contributed by atoms with Gasteiger partial charge in [-0.3, -0.25) is 4.79 Å². The third kappa shape index (κ3) is 2.46. The molecule has 0 bridgehead atoms. The van der Waals surface area contributed by atoms with Gasteiger partial charge in [0, 0.05) is 24.4 Å². The Morgan fingerprint density at radius 3 is 2.70 bits per heavy atom. The van der Waals surface area contributed by atoms with E-state index in [1.807, 2.05) is 11.3 Å². The van der Waals surface area contributed by atoms with Crippen LogP contribution < -0.4 is 9.62 Å². The fourth-order valence-electron chi connectivity index (χ4n) is 3.25. The van der Waals surface area contributed by atoms with Crippen molar-refractivity contribution >= 4 is 33.3 Å². The van der Waals surface area contributed by atoms with Gasteiger partial charge in [0.2, 0.25) is 0 Å². The normalized spacial score (nSPS) is 20.5. The Morgan fingerprint density at radius 2 is 2.05 bits per heavy atom. The molecule has 0 aliphatic carbocycles. The molecule has 112 valence electrons. The van der Waals surface area contributed by atoms with E-state index in [1.54, 1.807) is 0 Å². The average molecular weight is 313 g/mol. The number of carbonyl (C=O) groups is 1. The van der Waals surface area contributed by atoms with Gasteiger partial charge in [-0.05, 0) is 43.8 Å². The van der Waals surface area contributed by atoms with Crippen molar-refractivity contribution in [3.05, 3.63) is 16.0 Å². The molecule has 0 aromatic carbocycles. The number of rotatable bonds is 3. The minimum atomic E-state index is -0.0186. The fourth-order valence-corrected chi connectivity index (χ4v) is 7.68. The first kappa shape index (κ1) is 14.3. The van der Waals surface area contributed by atoms with Crippen LogP contribution in [0, 0.1) is 6.92 Å². The molecule has 3 rings (SSSR count). The minimum Gasteiger partial charge on any atom is -0.352 e. The average Bonchev–Trinajstić information content (AvgIpc) is 2.80. The number of hydrogen-bond acceptors (Lipinski definition) is 3. The molecular weight excluding hydrogens is 288 g/mol. The van der Waals surface area contributed by atoms with Gasteiger partial charge in [-0.25, -0.2) is 0 Å². The largest absolute Gasteiger partial charge is 0.352 e. The first-order valence-electron chi connectivity index (χ1n) is 7.65. The Bertz CT molecular complexity index is 506. The first-order valence-corrected chi connectivity index (χ1v) is 10.1. The number of nitrogens with zero attached hydrogens (tertiary/aromatic N) is 1. The highest BCUT2D eigenvalue weighted by atomic mass is 32.2. The van der Waals surface area contributed by atoms with Crippen LogP contribution >= 0.6 is 22.4 Å². The van der Waals surface area contributed by atoms with Crippen LogP contribution in [0.5, 0.6) is 0 Å². The molecule has 1 aromatic heterocycles. The molecule has 2 aliphatic rings. The lowest BCUT2D eigenvalue weighted by molar-refractivity contribution is 0.0946. The number of hydrogen-bond donors (Lipinski definition) is 2. The molecule has 3 heterocycles. The van der Waals surface area contributed by atoms with Crippen LogP contribution in [0.4, 0.5) is 5.00 Å². The summed E-state index contributed by atoms with van der Waals surface area (Å²) in [6.45, 7) is 6.27. The van der Waals surface area contributed by atoms with Crippen molar-refractivity contribution in [2.75, 3.05) is 28.9 Å². The van der Waals surface area contributed by atoms with Crippen LogP contribution in [0.25, 0.3) is 0 Å². The molecule has 0 atom stereocenters. The predicted octanol–water partition coefficient (Wildman–Crippen LogP) is 3.27. The van der Waals surface area contributed by atoms with Crippen molar-refractivity contribution in [1.29, 1.82) is 0 Å². The number of amides is 1. The maximum atomic E-state index is 12.1. The van der Waals surface area contributed by atoms with Crippen molar-refractivity contribution in [1.82, 2.24) is 5.32 Å². The van der Waals surface area contributed by atoms with E-state index in [9.17, 15) is 4.79 Å². The standard InChI is InChI=1S/C15H24N2OS2/c1-3-17(20-9-5-4-6-10-20)15-11(2)13-12(19-15)7-8-16-14(13)18/h20H,3-10H2,1-2H3,(H,16,18). The van der Waals surface area contributed by atoms with Gasteiger partial charge in [-0.1, -0.05) is 6.42 Å². The zero-order chi connectivity index (χ0) is 14.1. The summed E-state index contributed by atoms with van der Waals surface area (Å²) in [5, 5.41) is 4.36. The van der Waals surface area contributed by atoms with E-state index >= 15 is 0 Å². The summed E-state index contributed by atoms with van der Waals surface area (Å²) in [4.78, 5) is 13.4. The van der Waals surface area contributed by atoms with E-state index in [0.29, 0.717) is 0 Å². The second-order valence-corrected chi connectivity index (χ2v) is 9.04. The van der Waals surface area contributed by atoms with Gasteiger partial charge in [0.15, 0.2) is 0 Å². The molecule has 5 heteroatoms. The molecule has 0 spiro atoms. The molecule has 2 aliphatic heterocycles. The zero-order valence-corrected chi connectivity index (χ0v) is 14.1. The number of fused-ring (bicyclic) bond motifs is 1. The number of nitrogens with one attached hydrogen (secondary N) is 1. The van der Waals surface area contributed by atoms with Crippen LogP contribution in [-0.4, -0.2) is 30.5 Å². The number of thiophene rings is 1. The van der Waals surface area contributed by atoms with E-state index < -0.39 is 0 Å². The summed E-state index contributed by atoms with van der Waals surface area (Å²) in [7, 11) is 0. The molecule has 1 N–H and O–H groups in total. The van der Waals surface area contributed by atoms with Gasteiger partial charge >= 0.3 is 0 Å². The van der Waals surface area contributed by atoms with Gasteiger partial charge in [0.25, 0.3) is 5.91 Å². The maximum absolute atomic E-state index is 12.1. The third-order valence-electron chi connectivity index (χ3n) is 4.27. The first-order chi connectivity index (χ1) is 9.72. The van der Waals surface area contributed by atoms with Crippen molar-refractivity contribution in [3.63, 3.8) is 0 Å². The monoisotopic (exact) mass is 312 g/mol. The van der Waals surface area contributed by atoms with Crippen molar-refractivity contribution < 1.29 is 4.79 Å². The molecule has 1 amide bonds. The lowest BCUT2D eigenvalue weighted by Gasteiger charge is -2.38. The maximum Gasteiger partial charge on any atom is 0.252 e. The fraction of sp³-hybridized carbons (Fsp3) is 0.667. The summed E-state index contributed by atoms with van der Waals surface area (Å²) < 4.78 is 2.63. The second-order valence-electron chi connectivity index (χ2n) is 5.57. The van der Waals surface area contributed by atoms with E-state index in [0.717, 1.165) is 25.1 Å². The molecule has 20 heavy (non-hydrogen) atoms. The summed E-state index contributed by atoms with van der Waals surface area (Å²) >= 11 is 1.85. The lowest BCUT2D eigenvalue weighted by atomic mass is 10.1. The van der Waals surface area contributed by atoms with Crippen molar-refractivity contribution in [3.8, 4) is 0 Å². The molecule has 0 unspecified atom stereocenters. The Labute approximate surface area is 128 Å². The molecule has 0 radical (unpaired) electrons. The molecule has 1 aromatic rings. The summed E-state index contributed by atoms with van der Waals surface area (Å²) in [5.41, 5.74) is 2.19. The smallest absolute Gasteiger partial charge is 0.252 e. The van der Waals surface area contributed by atoms with Crippen molar-refractivity contribution in [2.24, 2.45) is 0 Å². The van der Waals surface area contributed by atoms with Crippen LogP contribution in [0.15, 0.2) is 0 Å². The molecular formula is C15H24N2OS2. The van der Waals surface area contributed by atoms with Gasteiger partial charge in [0.05, 0.1) is 5.56 Å². The number of carbonyl (C=O) groups excluding carboxylic acids is 1. The molecule has 1 fully saturated rings. The highest BCUT2D eigenvalue weighted by Crippen LogP contribution is 2.46. The third-order valence-corrected chi connectivity index (χ3v) is 8.61. The summed E-state index contributed by atoms with van der Waals surface area (Å²) in [6.07, 6.45) is 5.17. The lowest BCUT2D eigenvalue weighted by Crippen LogP contribution is -2.31. The zero-order valence-electron chi connectivity index (χ0n) is 12.4. The minimum absolute atomic E-state index is 0.0186. The second kappa shape index (κ2) is 5.98. The Kier molecular flexibility index (Phi) is 4.26. The van der Waals surface area contributed by atoms with E-state index in [-0.39, 0.29) is 17.0 Å². The highest BCUT2D eigenvalue weighted by Gasteiger charge is 2.28. The van der Waals surface area contributed by atoms with E-state index in [1.165, 1.54) is 46.2 Å². The summed E-state index contributed by atoms with van der Waals surface area (Å²) in [5.74, 6) is 2.88. The SMILES string of the molecule is CCN(c1sc2c(c1C)C(=O)NCC2)[SH]1CCCCC1. The van der Waals surface area contributed by atoms with Gasteiger partial charge in [-0.15, -0.1) is 11.3 Å². The van der Waals surface area contributed by atoms with Gasteiger partial charge in [0.1, 0.15) is 5.00 Å². The Hall–Kier alpha value is -0.680. The van der Waals surface area contributed by atoms with Gasteiger partial charge < -0.3 is 9.62 Å². The molecule has 1 saturated heterocycles. The summed E-state index contributed by atoms with van der Waals surface area (Å²) in [6, 6.07) is 0. The van der Waals surface area contributed by atoms with Crippen molar-refractivity contribution in [2.45, 2.75) is 39.5 Å². The number of anilines is 1. The molecule has 0 saturated carbocycles. The van der Waals surface area contributed by atoms with Crippen LogP contribution in [0.2, 0.25) is 0 Å². The van der Waals surface area contributed by atoms with E-state index in [2.05, 4.69) is 23.5 Å². The van der Waals surface area contributed by atoms with Crippen LogP contribution in [0.1, 0.15) is 47.0 Å². The van der Waals surface area contributed by atoms with Crippen LogP contribution in [-0.2, 0) is 6.42 Å². The number of thiol groups is 1. The Balaban J connectivity index is 1.93. The quantitative estimate of drug-likeness (QED) is 0.840. The molecule has 3 nitrogen and oxygen atoms in total. The Morgan fingerprint density at radius 1 is 1.30 bits per heavy atom. The van der Waals surface area contributed by atoms with E-state index in [4.69, 9.17) is 0 Å². The predicted molar refractivity (Wildman–Crippen MR) is 90.7 cm³/mol. The van der Waals surface area contributed by atoms with Crippen LogP contribution in [0.3, 0.4) is 0 Å². The van der Waals surface area contributed by atoms with Gasteiger partial charge in [-0.2, -0.15) is 11.1 Å². The highest BCUT2D eigenvalue weighted by molar-refractivity contribution is 8.18.